The lowest BCUT2D eigenvalue weighted by molar-refractivity contribution is 0.0683. The third kappa shape index (κ3) is 2.31. The topological polar surface area (TPSA) is 83.0 Å². The van der Waals surface area contributed by atoms with Gasteiger partial charge in [-0.2, -0.15) is 0 Å². The van der Waals surface area contributed by atoms with E-state index in [1.165, 1.54) is 11.3 Å². The Morgan fingerprint density at radius 2 is 2.00 bits per heavy atom. The van der Waals surface area contributed by atoms with Crippen LogP contribution in [0.4, 0.5) is 0 Å². The second-order valence-electron chi connectivity index (χ2n) is 5.10. The van der Waals surface area contributed by atoms with Crippen LogP contribution in [0.25, 0.3) is 10.2 Å². The van der Waals surface area contributed by atoms with Gasteiger partial charge in [-0.25, -0.2) is 9.78 Å². The Kier molecular flexibility index (Phi) is 3.54. The number of carboxylic acid groups (broad SMARTS) is 1. The van der Waals surface area contributed by atoms with E-state index in [0.717, 1.165) is 16.0 Å². The minimum absolute atomic E-state index is 0.0357. The van der Waals surface area contributed by atoms with Gasteiger partial charge in [0.25, 0.3) is 5.56 Å². The number of aromatic amines is 1. The molecule has 0 spiro atoms. The van der Waals surface area contributed by atoms with Crippen molar-refractivity contribution in [3.8, 4) is 0 Å². The largest absolute Gasteiger partial charge is 0.475 e. The van der Waals surface area contributed by atoms with Gasteiger partial charge in [0.2, 0.25) is 5.82 Å². The summed E-state index contributed by atoms with van der Waals surface area (Å²) in [6, 6.07) is 9.89. The first-order valence-electron chi connectivity index (χ1n) is 6.80. The molecule has 3 rings (SSSR count). The number of aryl methyl sites for hydroxylation is 1. The van der Waals surface area contributed by atoms with Crippen LogP contribution in [-0.4, -0.2) is 21.0 Å². The van der Waals surface area contributed by atoms with Crippen molar-refractivity contribution in [2.45, 2.75) is 19.8 Å². The van der Waals surface area contributed by atoms with Crippen molar-refractivity contribution in [3.63, 3.8) is 0 Å². The second kappa shape index (κ2) is 5.38. The molecule has 0 bridgehead atoms. The first-order valence-corrected chi connectivity index (χ1v) is 7.62. The molecule has 22 heavy (non-hydrogen) atoms. The molecule has 0 aliphatic rings. The SMILES string of the molecule is Cc1sc2nc(C(=O)O)[nH]c(=O)c2c1C(C)c1ccccc1. The van der Waals surface area contributed by atoms with Crippen LogP contribution in [0.3, 0.4) is 0 Å². The minimum atomic E-state index is -1.23. The lowest BCUT2D eigenvalue weighted by Gasteiger charge is -2.12. The van der Waals surface area contributed by atoms with Crippen molar-refractivity contribution >= 4 is 27.5 Å². The summed E-state index contributed by atoms with van der Waals surface area (Å²) in [5.41, 5.74) is 1.62. The van der Waals surface area contributed by atoms with Gasteiger partial charge in [0.05, 0.1) is 5.39 Å². The number of nitrogens with one attached hydrogen (secondary N) is 1. The van der Waals surface area contributed by atoms with Gasteiger partial charge in [-0.1, -0.05) is 37.3 Å². The molecule has 0 amide bonds. The third-order valence-electron chi connectivity index (χ3n) is 3.72. The van der Waals surface area contributed by atoms with Crippen molar-refractivity contribution in [1.29, 1.82) is 0 Å². The van der Waals surface area contributed by atoms with E-state index in [-0.39, 0.29) is 11.7 Å². The van der Waals surface area contributed by atoms with Gasteiger partial charge >= 0.3 is 5.97 Å². The average Bonchev–Trinajstić information content (AvgIpc) is 2.84. The van der Waals surface area contributed by atoms with Gasteiger partial charge < -0.3 is 10.1 Å². The zero-order valence-electron chi connectivity index (χ0n) is 12.1. The maximum atomic E-state index is 12.3. The molecule has 0 saturated carbocycles. The Morgan fingerprint density at radius 1 is 1.32 bits per heavy atom. The van der Waals surface area contributed by atoms with Crippen molar-refractivity contribution in [1.82, 2.24) is 9.97 Å². The molecule has 0 aliphatic carbocycles. The van der Waals surface area contributed by atoms with Gasteiger partial charge in [0.15, 0.2) is 0 Å². The number of aromatic nitrogens is 2. The van der Waals surface area contributed by atoms with Crippen LogP contribution in [-0.2, 0) is 0 Å². The van der Waals surface area contributed by atoms with E-state index in [1.54, 1.807) is 0 Å². The number of H-pyrrole nitrogens is 1. The Labute approximate surface area is 130 Å². The number of benzene rings is 1. The van der Waals surface area contributed by atoms with E-state index >= 15 is 0 Å². The monoisotopic (exact) mass is 314 g/mol. The minimum Gasteiger partial charge on any atom is -0.475 e. The molecule has 5 nitrogen and oxygen atoms in total. The summed E-state index contributed by atoms with van der Waals surface area (Å²) in [7, 11) is 0. The molecular formula is C16H14N2O3S. The molecule has 2 heterocycles. The van der Waals surface area contributed by atoms with E-state index in [0.29, 0.717) is 10.2 Å². The van der Waals surface area contributed by atoms with Crippen molar-refractivity contribution in [3.05, 3.63) is 62.5 Å². The zero-order valence-corrected chi connectivity index (χ0v) is 12.9. The molecular weight excluding hydrogens is 300 g/mol. The van der Waals surface area contributed by atoms with Crippen LogP contribution in [0.5, 0.6) is 0 Å². The van der Waals surface area contributed by atoms with E-state index in [1.807, 2.05) is 44.2 Å². The van der Waals surface area contributed by atoms with Crippen LogP contribution in [0, 0.1) is 6.92 Å². The normalized spacial score (nSPS) is 12.5. The molecule has 6 heteroatoms. The number of hydrogen-bond acceptors (Lipinski definition) is 4. The Morgan fingerprint density at radius 3 is 2.64 bits per heavy atom. The second-order valence-corrected chi connectivity index (χ2v) is 6.31. The van der Waals surface area contributed by atoms with Crippen LogP contribution in [0.1, 0.15) is 39.5 Å². The highest BCUT2D eigenvalue weighted by Gasteiger charge is 2.21. The molecule has 0 aliphatic heterocycles. The van der Waals surface area contributed by atoms with Crippen molar-refractivity contribution in [2.24, 2.45) is 0 Å². The fraction of sp³-hybridized carbons (Fsp3) is 0.188. The summed E-state index contributed by atoms with van der Waals surface area (Å²) >= 11 is 1.35. The number of hydrogen-bond donors (Lipinski definition) is 2. The lowest BCUT2D eigenvalue weighted by atomic mass is 9.92. The molecule has 1 atom stereocenters. The molecule has 0 fully saturated rings. The molecule has 112 valence electrons. The summed E-state index contributed by atoms with van der Waals surface area (Å²) in [6.07, 6.45) is 0. The predicted molar refractivity (Wildman–Crippen MR) is 85.9 cm³/mol. The Bertz CT molecular complexity index is 912. The third-order valence-corrected chi connectivity index (χ3v) is 4.73. The molecule has 2 N–H and O–H groups in total. The average molecular weight is 314 g/mol. The molecule has 3 aromatic rings. The van der Waals surface area contributed by atoms with Gasteiger partial charge in [0, 0.05) is 10.8 Å². The lowest BCUT2D eigenvalue weighted by Crippen LogP contribution is -2.16. The molecule has 1 aromatic carbocycles. The van der Waals surface area contributed by atoms with Crippen LogP contribution in [0.2, 0.25) is 0 Å². The van der Waals surface area contributed by atoms with Gasteiger partial charge in [-0.3, -0.25) is 4.79 Å². The van der Waals surface area contributed by atoms with Gasteiger partial charge in [-0.05, 0) is 18.1 Å². The molecule has 0 saturated heterocycles. The summed E-state index contributed by atoms with van der Waals surface area (Å²) in [5.74, 6) is -1.52. The first kappa shape index (κ1) is 14.5. The maximum Gasteiger partial charge on any atom is 0.372 e. The molecule has 1 unspecified atom stereocenters. The van der Waals surface area contributed by atoms with E-state index < -0.39 is 11.5 Å². The fourth-order valence-electron chi connectivity index (χ4n) is 2.67. The maximum absolute atomic E-state index is 12.3. The molecule has 0 radical (unpaired) electrons. The summed E-state index contributed by atoms with van der Waals surface area (Å²) < 4.78 is 0. The summed E-state index contributed by atoms with van der Waals surface area (Å²) in [5, 5.41) is 9.49. The number of fused-ring (bicyclic) bond motifs is 1. The van der Waals surface area contributed by atoms with E-state index in [9.17, 15) is 9.59 Å². The number of rotatable bonds is 3. The number of aromatic carboxylic acids is 1. The number of carboxylic acids is 1. The highest BCUT2D eigenvalue weighted by Crippen LogP contribution is 2.35. The highest BCUT2D eigenvalue weighted by molar-refractivity contribution is 7.18. The van der Waals surface area contributed by atoms with E-state index in [2.05, 4.69) is 9.97 Å². The summed E-state index contributed by atoms with van der Waals surface area (Å²) in [4.78, 5) is 31.2. The fourth-order valence-corrected chi connectivity index (χ4v) is 3.79. The van der Waals surface area contributed by atoms with Gasteiger partial charge in [0.1, 0.15) is 4.83 Å². The smallest absolute Gasteiger partial charge is 0.372 e. The molecule has 2 aromatic heterocycles. The Hall–Kier alpha value is -2.47. The Balaban J connectivity index is 2.25. The number of thiophene rings is 1. The van der Waals surface area contributed by atoms with Crippen LogP contribution >= 0.6 is 11.3 Å². The summed E-state index contributed by atoms with van der Waals surface area (Å²) in [6.45, 7) is 3.97. The number of nitrogens with zero attached hydrogens (tertiary/aromatic N) is 1. The number of carbonyl (C=O) groups is 1. The van der Waals surface area contributed by atoms with Crippen molar-refractivity contribution < 1.29 is 9.90 Å². The van der Waals surface area contributed by atoms with Crippen molar-refractivity contribution in [2.75, 3.05) is 0 Å². The quantitative estimate of drug-likeness (QED) is 0.778. The highest BCUT2D eigenvalue weighted by atomic mass is 32.1. The van der Waals surface area contributed by atoms with Gasteiger partial charge in [-0.15, -0.1) is 11.3 Å². The zero-order chi connectivity index (χ0) is 15.9. The van der Waals surface area contributed by atoms with E-state index in [4.69, 9.17) is 5.11 Å². The first-order chi connectivity index (χ1) is 10.5. The standard InChI is InChI=1S/C16H14N2O3S/c1-8(10-6-4-3-5-7-10)11-9(2)22-15-12(11)14(19)17-13(18-15)16(20)21/h3-8H,1-2H3,(H,20,21)(H,17,18,19). The van der Waals surface area contributed by atoms with Crippen LogP contribution < -0.4 is 5.56 Å². The van der Waals surface area contributed by atoms with Crippen LogP contribution in [0.15, 0.2) is 35.1 Å². The predicted octanol–water partition coefficient (Wildman–Crippen LogP) is 3.14.